The quantitative estimate of drug-likeness (QED) is 0.682. The van der Waals surface area contributed by atoms with Crippen molar-refractivity contribution in [2.75, 3.05) is 26.2 Å². The Morgan fingerprint density at radius 2 is 1.63 bits per heavy atom. The van der Waals surface area contributed by atoms with Gasteiger partial charge in [-0.2, -0.15) is 4.31 Å². The highest BCUT2D eigenvalue weighted by Gasteiger charge is 2.34. The molecule has 1 aromatic heterocycles. The van der Waals surface area contributed by atoms with Gasteiger partial charge in [0.25, 0.3) is 5.91 Å². The third-order valence-electron chi connectivity index (χ3n) is 7.64. The van der Waals surface area contributed by atoms with Crippen molar-refractivity contribution in [3.8, 4) is 0 Å². The number of nitrogens with one attached hydrogen (secondary N) is 1. The van der Waals surface area contributed by atoms with Crippen molar-refractivity contribution in [3.05, 3.63) is 53.5 Å². The number of benzene rings is 1. The van der Waals surface area contributed by atoms with E-state index in [1.54, 1.807) is 23.1 Å². The average molecular weight is 500 g/mol. The highest BCUT2D eigenvalue weighted by molar-refractivity contribution is 7.89. The fourth-order valence-corrected chi connectivity index (χ4v) is 7.00. The number of carbonyl (C=O) groups is 2. The number of fused-ring (bicyclic) bond motifs is 1. The molecule has 0 atom stereocenters. The summed E-state index contributed by atoms with van der Waals surface area (Å²) in [5, 5.41) is 3.13. The summed E-state index contributed by atoms with van der Waals surface area (Å²) in [6, 6.07) is 8.94. The van der Waals surface area contributed by atoms with E-state index in [9.17, 15) is 18.0 Å². The van der Waals surface area contributed by atoms with Crippen LogP contribution in [0.3, 0.4) is 0 Å². The van der Waals surface area contributed by atoms with E-state index in [4.69, 9.17) is 4.42 Å². The lowest BCUT2D eigenvalue weighted by atomic mass is 9.92. The smallest absolute Gasteiger partial charge is 0.289 e. The first-order valence-corrected chi connectivity index (χ1v) is 14.1. The van der Waals surface area contributed by atoms with E-state index in [-0.39, 0.29) is 23.8 Å². The van der Waals surface area contributed by atoms with Crippen molar-refractivity contribution >= 4 is 21.8 Å². The molecule has 2 fully saturated rings. The topological polar surface area (TPSA) is 99.9 Å². The van der Waals surface area contributed by atoms with Crippen LogP contribution in [0.5, 0.6) is 0 Å². The number of furan rings is 1. The van der Waals surface area contributed by atoms with Gasteiger partial charge in [0.1, 0.15) is 0 Å². The summed E-state index contributed by atoms with van der Waals surface area (Å²) < 4.78 is 33.2. The van der Waals surface area contributed by atoms with Crippen LogP contribution in [0.15, 0.2) is 45.9 Å². The third kappa shape index (κ3) is 5.16. The summed E-state index contributed by atoms with van der Waals surface area (Å²) >= 11 is 0. The lowest BCUT2D eigenvalue weighted by Crippen LogP contribution is -2.49. The Kier molecular flexibility index (Phi) is 6.98. The summed E-state index contributed by atoms with van der Waals surface area (Å²) in [6.45, 7) is 1.85. The molecule has 35 heavy (non-hydrogen) atoms. The zero-order valence-electron chi connectivity index (χ0n) is 19.9. The molecule has 2 aromatic rings. The maximum absolute atomic E-state index is 13.2. The Bertz CT molecular complexity index is 1160. The number of hydrogen-bond donors (Lipinski definition) is 1. The number of carbonyl (C=O) groups excluding carboxylic acids is 2. The number of sulfonamides is 1. The van der Waals surface area contributed by atoms with Gasteiger partial charge in [-0.25, -0.2) is 8.42 Å². The lowest BCUT2D eigenvalue weighted by Gasteiger charge is -2.34. The van der Waals surface area contributed by atoms with Gasteiger partial charge in [0, 0.05) is 38.1 Å². The van der Waals surface area contributed by atoms with Crippen LogP contribution in [0.2, 0.25) is 0 Å². The van der Waals surface area contributed by atoms with Gasteiger partial charge in [-0.15, -0.1) is 0 Å². The largest absolute Gasteiger partial charge is 0.459 e. The van der Waals surface area contributed by atoms with Gasteiger partial charge >= 0.3 is 0 Å². The first-order chi connectivity index (χ1) is 16.9. The van der Waals surface area contributed by atoms with Gasteiger partial charge in [-0.1, -0.05) is 6.07 Å². The number of hydrogen-bond acceptors (Lipinski definition) is 5. The molecule has 0 unspecified atom stereocenters. The minimum Gasteiger partial charge on any atom is -0.459 e. The molecule has 0 radical (unpaired) electrons. The molecular formula is C26H33N3O5S. The lowest BCUT2D eigenvalue weighted by molar-refractivity contribution is -0.127. The van der Waals surface area contributed by atoms with Gasteiger partial charge in [-0.05, 0) is 86.8 Å². The fourth-order valence-electron chi connectivity index (χ4n) is 5.48. The van der Waals surface area contributed by atoms with E-state index >= 15 is 0 Å². The molecular weight excluding hydrogens is 466 g/mol. The number of nitrogens with zero attached hydrogens (tertiary/aromatic N) is 2. The maximum Gasteiger partial charge on any atom is 0.289 e. The zero-order valence-corrected chi connectivity index (χ0v) is 20.8. The summed E-state index contributed by atoms with van der Waals surface area (Å²) in [5.41, 5.74) is 2.42. The van der Waals surface area contributed by atoms with Crippen LogP contribution in [-0.4, -0.2) is 61.7 Å². The molecule has 188 valence electrons. The van der Waals surface area contributed by atoms with E-state index in [1.165, 1.54) is 16.1 Å². The summed E-state index contributed by atoms with van der Waals surface area (Å²) in [4.78, 5) is 27.4. The van der Waals surface area contributed by atoms with Gasteiger partial charge in [0.05, 0.1) is 11.2 Å². The van der Waals surface area contributed by atoms with E-state index in [0.29, 0.717) is 62.5 Å². The van der Waals surface area contributed by atoms with E-state index in [1.807, 2.05) is 12.1 Å². The highest BCUT2D eigenvalue weighted by atomic mass is 32.2. The van der Waals surface area contributed by atoms with Crippen molar-refractivity contribution in [1.82, 2.24) is 14.5 Å². The molecule has 1 aromatic carbocycles. The number of aryl methyl sites for hydroxylation is 2. The predicted octanol–water partition coefficient (Wildman–Crippen LogP) is 2.98. The predicted molar refractivity (Wildman–Crippen MR) is 130 cm³/mol. The highest BCUT2D eigenvalue weighted by Crippen LogP contribution is 2.28. The average Bonchev–Trinajstić information content (AvgIpc) is 3.43. The Labute approximate surface area is 206 Å². The maximum atomic E-state index is 13.2. The zero-order chi connectivity index (χ0) is 24.4. The van der Waals surface area contributed by atoms with Crippen LogP contribution in [-0.2, 0) is 27.7 Å². The second-order valence-electron chi connectivity index (χ2n) is 9.87. The van der Waals surface area contributed by atoms with Crippen molar-refractivity contribution in [3.63, 3.8) is 0 Å². The fraction of sp³-hybridized carbons (Fsp3) is 0.538. The third-order valence-corrected chi connectivity index (χ3v) is 9.54. The standard InChI is InChI=1S/C26H33N3O5S/c30-25(27-22-11-13-28(14-12-22)26(31)24-6-3-17-34-24)20-9-15-29(16-10-20)35(32,33)23-8-7-19-4-1-2-5-21(19)18-23/h3,6-8,17-18,20,22H,1-2,4-5,9-16H2,(H,27,30). The molecule has 9 heteroatoms. The van der Waals surface area contributed by atoms with Crippen molar-refractivity contribution in [1.29, 1.82) is 0 Å². The van der Waals surface area contributed by atoms with E-state index in [0.717, 1.165) is 31.2 Å². The van der Waals surface area contributed by atoms with Gasteiger partial charge in [0.2, 0.25) is 15.9 Å². The molecule has 8 nitrogen and oxygen atoms in total. The normalized spacial score (nSPS) is 20.4. The van der Waals surface area contributed by atoms with E-state index < -0.39 is 10.0 Å². The minimum atomic E-state index is -3.55. The Morgan fingerprint density at radius 1 is 0.914 bits per heavy atom. The minimum absolute atomic E-state index is 0.00774. The number of amides is 2. The summed E-state index contributed by atoms with van der Waals surface area (Å²) in [7, 11) is -3.55. The van der Waals surface area contributed by atoms with E-state index in [2.05, 4.69) is 5.32 Å². The molecule has 0 saturated carbocycles. The van der Waals surface area contributed by atoms with Crippen LogP contribution < -0.4 is 5.32 Å². The molecule has 2 saturated heterocycles. The number of piperidine rings is 2. The van der Waals surface area contributed by atoms with Crippen LogP contribution in [0.4, 0.5) is 0 Å². The van der Waals surface area contributed by atoms with Crippen molar-refractivity contribution in [2.45, 2.75) is 62.3 Å². The van der Waals surface area contributed by atoms with Crippen LogP contribution in [0.1, 0.15) is 60.2 Å². The molecule has 1 N–H and O–H groups in total. The Balaban J connectivity index is 1.11. The second-order valence-corrected chi connectivity index (χ2v) is 11.8. The summed E-state index contributed by atoms with van der Waals surface area (Å²) in [5.74, 6) is 0.0243. The van der Waals surface area contributed by atoms with Gasteiger partial charge in [-0.3, -0.25) is 9.59 Å². The first-order valence-electron chi connectivity index (χ1n) is 12.7. The van der Waals surface area contributed by atoms with Crippen molar-refractivity contribution < 1.29 is 22.4 Å². The second kappa shape index (κ2) is 10.1. The van der Waals surface area contributed by atoms with Gasteiger partial charge < -0.3 is 14.6 Å². The Hall–Kier alpha value is -2.65. The summed E-state index contributed by atoms with van der Waals surface area (Å²) in [6.07, 6.45) is 8.16. The molecule has 1 aliphatic carbocycles. The van der Waals surface area contributed by atoms with Crippen LogP contribution in [0, 0.1) is 5.92 Å². The van der Waals surface area contributed by atoms with Gasteiger partial charge in [0.15, 0.2) is 5.76 Å². The molecule has 0 bridgehead atoms. The monoisotopic (exact) mass is 499 g/mol. The molecule has 2 aliphatic heterocycles. The SMILES string of the molecule is O=C(NC1CCN(C(=O)c2ccco2)CC1)C1CCN(S(=O)(=O)c2ccc3c(c2)CCCC3)CC1. The van der Waals surface area contributed by atoms with Crippen LogP contribution >= 0.6 is 0 Å². The number of likely N-dealkylation sites (tertiary alicyclic amines) is 1. The number of rotatable bonds is 5. The van der Waals surface area contributed by atoms with Crippen molar-refractivity contribution in [2.24, 2.45) is 5.92 Å². The molecule has 3 heterocycles. The molecule has 3 aliphatic rings. The molecule has 2 amide bonds. The Morgan fingerprint density at radius 3 is 2.31 bits per heavy atom. The van der Waals surface area contributed by atoms with Crippen LogP contribution in [0.25, 0.3) is 0 Å². The molecule has 0 spiro atoms. The molecule has 5 rings (SSSR count). The first kappa shape index (κ1) is 24.1.